The second kappa shape index (κ2) is 5.73. The molecule has 2 rings (SSSR count). The number of likely N-dealkylation sites (tertiary alicyclic amines) is 1. The summed E-state index contributed by atoms with van der Waals surface area (Å²) in [7, 11) is 0. The summed E-state index contributed by atoms with van der Waals surface area (Å²) in [4.78, 5) is 27.1. The Balaban J connectivity index is 1.99. The number of piperidine rings is 1. The molecule has 1 aliphatic rings. The molecule has 0 radical (unpaired) electrons. The SMILES string of the molecule is CC(Br)C1CCN(C(=O)c2cc([N+](=O)[O-])c[nH]2)CC1. The Bertz CT molecular complexity index is 478. The lowest BCUT2D eigenvalue weighted by Gasteiger charge is -2.33. The summed E-state index contributed by atoms with van der Waals surface area (Å²) in [5.74, 6) is 0.427. The molecule has 2 heterocycles. The molecule has 1 atom stereocenters. The van der Waals surface area contributed by atoms with E-state index in [0.29, 0.717) is 23.8 Å². The maximum atomic E-state index is 12.2. The highest BCUT2D eigenvalue weighted by Crippen LogP contribution is 2.26. The molecule has 1 amide bonds. The Morgan fingerprint density at radius 1 is 1.58 bits per heavy atom. The predicted octanol–water partition coefficient (Wildman–Crippen LogP) is 2.56. The third-order valence-electron chi connectivity index (χ3n) is 3.59. The molecule has 0 bridgehead atoms. The van der Waals surface area contributed by atoms with Gasteiger partial charge < -0.3 is 9.88 Å². The number of nitrogens with zero attached hydrogens (tertiary/aromatic N) is 2. The Hall–Kier alpha value is -1.37. The average molecular weight is 330 g/mol. The molecule has 0 aliphatic carbocycles. The molecule has 1 unspecified atom stereocenters. The zero-order chi connectivity index (χ0) is 14.0. The predicted molar refractivity (Wildman–Crippen MR) is 74.5 cm³/mol. The number of rotatable bonds is 3. The Labute approximate surface area is 119 Å². The molecule has 1 aliphatic heterocycles. The zero-order valence-corrected chi connectivity index (χ0v) is 12.2. The van der Waals surface area contributed by atoms with Crippen molar-refractivity contribution in [3.8, 4) is 0 Å². The van der Waals surface area contributed by atoms with Crippen molar-refractivity contribution in [2.24, 2.45) is 5.92 Å². The van der Waals surface area contributed by atoms with Gasteiger partial charge >= 0.3 is 0 Å². The highest BCUT2D eigenvalue weighted by atomic mass is 79.9. The number of carbonyl (C=O) groups is 1. The fourth-order valence-electron chi connectivity index (χ4n) is 2.34. The van der Waals surface area contributed by atoms with E-state index >= 15 is 0 Å². The van der Waals surface area contributed by atoms with Crippen molar-refractivity contribution in [2.75, 3.05) is 13.1 Å². The summed E-state index contributed by atoms with van der Waals surface area (Å²) in [6, 6.07) is 1.29. The quantitative estimate of drug-likeness (QED) is 0.525. The van der Waals surface area contributed by atoms with Gasteiger partial charge in [-0.3, -0.25) is 14.9 Å². The van der Waals surface area contributed by atoms with Crippen LogP contribution in [0.2, 0.25) is 0 Å². The topological polar surface area (TPSA) is 79.2 Å². The summed E-state index contributed by atoms with van der Waals surface area (Å²) in [6.07, 6.45) is 3.17. The lowest BCUT2D eigenvalue weighted by molar-refractivity contribution is -0.384. The third-order valence-corrected chi connectivity index (χ3v) is 4.33. The van der Waals surface area contributed by atoms with E-state index in [4.69, 9.17) is 0 Å². The minimum absolute atomic E-state index is 0.0766. The third kappa shape index (κ3) is 3.15. The van der Waals surface area contributed by atoms with Crippen LogP contribution in [0.25, 0.3) is 0 Å². The Morgan fingerprint density at radius 2 is 2.21 bits per heavy atom. The van der Waals surface area contributed by atoms with Crippen LogP contribution in [0.4, 0.5) is 5.69 Å². The van der Waals surface area contributed by atoms with Gasteiger partial charge in [0.05, 0.1) is 11.1 Å². The van der Waals surface area contributed by atoms with Crippen LogP contribution in [0.3, 0.4) is 0 Å². The van der Waals surface area contributed by atoms with Gasteiger partial charge in [-0.15, -0.1) is 0 Å². The van der Waals surface area contributed by atoms with Crippen molar-refractivity contribution in [1.82, 2.24) is 9.88 Å². The summed E-state index contributed by atoms with van der Waals surface area (Å²) in [5, 5.41) is 10.6. The van der Waals surface area contributed by atoms with E-state index in [1.165, 1.54) is 12.3 Å². The molecule has 1 aromatic heterocycles. The van der Waals surface area contributed by atoms with Gasteiger partial charge in [-0.25, -0.2) is 0 Å². The van der Waals surface area contributed by atoms with Crippen LogP contribution in [0.15, 0.2) is 12.3 Å². The first-order valence-corrected chi connectivity index (χ1v) is 7.16. The number of carbonyl (C=O) groups excluding carboxylic acids is 1. The molecular formula is C12H16BrN3O3. The van der Waals surface area contributed by atoms with Crippen LogP contribution >= 0.6 is 15.9 Å². The lowest BCUT2D eigenvalue weighted by atomic mass is 9.94. The molecule has 0 saturated carbocycles. The first kappa shape index (κ1) is 14.0. The van der Waals surface area contributed by atoms with Gasteiger partial charge in [-0.05, 0) is 18.8 Å². The molecule has 1 fully saturated rings. The summed E-state index contributed by atoms with van der Waals surface area (Å²) < 4.78 is 0. The molecule has 1 aromatic rings. The van der Waals surface area contributed by atoms with Crippen molar-refractivity contribution >= 4 is 27.5 Å². The molecule has 0 spiro atoms. The fraction of sp³-hybridized carbons (Fsp3) is 0.583. The van der Waals surface area contributed by atoms with E-state index in [0.717, 1.165) is 12.8 Å². The number of amides is 1. The Kier molecular flexibility index (Phi) is 4.24. The van der Waals surface area contributed by atoms with Gasteiger partial charge in [0.2, 0.25) is 0 Å². The van der Waals surface area contributed by atoms with Crippen molar-refractivity contribution in [3.63, 3.8) is 0 Å². The molecular weight excluding hydrogens is 314 g/mol. The Morgan fingerprint density at radius 3 is 2.68 bits per heavy atom. The van der Waals surface area contributed by atoms with Crippen LogP contribution < -0.4 is 0 Å². The maximum Gasteiger partial charge on any atom is 0.287 e. The van der Waals surface area contributed by atoms with Crippen LogP contribution in [0, 0.1) is 16.0 Å². The van der Waals surface area contributed by atoms with E-state index < -0.39 is 4.92 Å². The van der Waals surface area contributed by atoms with Gasteiger partial charge in [0, 0.05) is 24.0 Å². The second-order valence-electron chi connectivity index (χ2n) is 4.84. The van der Waals surface area contributed by atoms with Crippen LogP contribution in [0.1, 0.15) is 30.3 Å². The molecule has 1 saturated heterocycles. The van der Waals surface area contributed by atoms with Crippen molar-refractivity contribution in [1.29, 1.82) is 0 Å². The van der Waals surface area contributed by atoms with Gasteiger partial charge in [0.25, 0.3) is 11.6 Å². The maximum absolute atomic E-state index is 12.2. The summed E-state index contributed by atoms with van der Waals surface area (Å²) >= 11 is 3.57. The van der Waals surface area contributed by atoms with Gasteiger partial charge in [0.15, 0.2) is 0 Å². The first-order valence-electron chi connectivity index (χ1n) is 6.25. The van der Waals surface area contributed by atoms with E-state index in [1.807, 2.05) is 0 Å². The van der Waals surface area contributed by atoms with Crippen molar-refractivity contribution in [3.05, 3.63) is 28.1 Å². The van der Waals surface area contributed by atoms with Gasteiger partial charge in [0.1, 0.15) is 5.69 Å². The number of halogens is 1. The van der Waals surface area contributed by atoms with Crippen LogP contribution in [-0.2, 0) is 0 Å². The minimum Gasteiger partial charge on any atom is -0.351 e. The van der Waals surface area contributed by atoms with E-state index in [2.05, 4.69) is 27.8 Å². The van der Waals surface area contributed by atoms with E-state index in [9.17, 15) is 14.9 Å². The van der Waals surface area contributed by atoms with Crippen LogP contribution in [0.5, 0.6) is 0 Å². The second-order valence-corrected chi connectivity index (χ2v) is 6.28. The average Bonchev–Trinajstić information content (AvgIpc) is 2.87. The number of aromatic nitrogens is 1. The summed E-state index contributed by atoms with van der Waals surface area (Å²) in [5.41, 5.74) is 0.212. The van der Waals surface area contributed by atoms with Crippen LogP contribution in [-0.4, -0.2) is 38.6 Å². The van der Waals surface area contributed by atoms with E-state index in [1.54, 1.807) is 4.90 Å². The molecule has 1 N–H and O–H groups in total. The largest absolute Gasteiger partial charge is 0.351 e. The lowest BCUT2D eigenvalue weighted by Crippen LogP contribution is -2.40. The van der Waals surface area contributed by atoms with Crippen molar-refractivity contribution in [2.45, 2.75) is 24.6 Å². The highest BCUT2D eigenvalue weighted by molar-refractivity contribution is 9.09. The standard InChI is InChI=1S/C12H16BrN3O3/c1-8(13)9-2-4-15(5-3-9)12(17)11-6-10(7-14-11)16(18)19/h6-9,14H,2-5H2,1H3. The number of H-pyrrole nitrogens is 1. The van der Waals surface area contributed by atoms with Crippen molar-refractivity contribution < 1.29 is 9.72 Å². The number of nitrogens with one attached hydrogen (secondary N) is 1. The van der Waals surface area contributed by atoms with Gasteiger partial charge in [-0.2, -0.15) is 0 Å². The smallest absolute Gasteiger partial charge is 0.287 e. The van der Waals surface area contributed by atoms with Gasteiger partial charge in [-0.1, -0.05) is 22.9 Å². The normalized spacial score (nSPS) is 18.3. The first-order chi connectivity index (χ1) is 8.99. The number of alkyl halides is 1. The minimum atomic E-state index is -0.508. The molecule has 0 aromatic carbocycles. The molecule has 104 valence electrons. The highest BCUT2D eigenvalue weighted by Gasteiger charge is 2.27. The molecule has 7 heteroatoms. The molecule has 6 nitrogen and oxygen atoms in total. The zero-order valence-electron chi connectivity index (χ0n) is 10.6. The number of nitro groups is 1. The van der Waals surface area contributed by atoms with E-state index in [-0.39, 0.29) is 17.3 Å². The number of aromatic amines is 1. The molecule has 19 heavy (non-hydrogen) atoms. The fourth-order valence-corrected chi connectivity index (χ4v) is 2.87. The monoisotopic (exact) mass is 329 g/mol. The number of hydrogen-bond donors (Lipinski definition) is 1. The number of hydrogen-bond acceptors (Lipinski definition) is 3. The summed E-state index contributed by atoms with van der Waals surface area (Å²) in [6.45, 7) is 3.52.